The highest BCUT2D eigenvalue weighted by Crippen LogP contribution is 2.27. The minimum atomic E-state index is -0.121. The van der Waals surface area contributed by atoms with E-state index in [2.05, 4.69) is 83.3 Å². The third-order valence-corrected chi connectivity index (χ3v) is 5.36. The average Bonchev–Trinajstić information content (AvgIpc) is 2.88. The van der Waals surface area contributed by atoms with Crippen molar-refractivity contribution in [3.8, 4) is 0 Å². The minimum Gasteiger partial charge on any atom is -0.415 e. The monoisotopic (exact) mass is 642 g/mol. The smallest absolute Gasteiger partial charge is 0.277 e. The Morgan fingerprint density at radius 2 is 1.95 bits per heavy atom. The zero-order chi connectivity index (χ0) is 15.4. The van der Waals surface area contributed by atoms with Gasteiger partial charge >= 0.3 is 0 Å². The van der Waals surface area contributed by atoms with Crippen molar-refractivity contribution < 1.29 is 9.21 Å². The summed E-state index contributed by atoms with van der Waals surface area (Å²) in [5.74, 6) is 0.439. The topological polar surface area (TPSA) is 94.0 Å². The van der Waals surface area contributed by atoms with Crippen LogP contribution in [0.25, 0.3) is 0 Å². The predicted octanol–water partition coefficient (Wildman–Crippen LogP) is 3.07. The molecule has 6 nitrogen and oxygen atoms in total. The SMILES string of the molecule is NCc1nnc(SCC(=O)Nc2c(I)cc(I)cc2I)o1. The zero-order valence-corrected chi connectivity index (χ0v) is 17.7. The summed E-state index contributed by atoms with van der Waals surface area (Å²) in [4.78, 5) is 12.0. The standard InChI is InChI=1S/C11H9I3N4O2S/c12-5-1-6(13)10(7(14)2-5)16-8(19)4-21-11-18-17-9(3-15)20-11/h1-2H,3-4,15H2,(H,16,19). The molecule has 0 aliphatic rings. The predicted molar refractivity (Wildman–Crippen MR) is 106 cm³/mol. The molecule has 10 heteroatoms. The molecule has 2 aromatic rings. The van der Waals surface area contributed by atoms with Crippen LogP contribution in [-0.2, 0) is 11.3 Å². The summed E-state index contributed by atoms with van der Waals surface area (Å²) >= 11 is 7.85. The van der Waals surface area contributed by atoms with Gasteiger partial charge in [-0.25, -0.2) is 0 Å². The minimum absolute atomic E-state index is 0.121. The lowest BCUT2D eigenvalue weighted by atomic mass is 10.3. The lowest BCUT2D eigenvalue weighted by Gasteiger charge is -2.09. The number of amides is 1. The molecule has 0 aliphatic carbocycles. The fourth-order valence-electron chi connectivity index (χ4n) is 1.34. The maximum Gasteiger partial charge on any atom is 0.277 e. The molecule has 0 bridgehead atoms. The van der Waals surface area contributed by atoms with Gasteiger partial charge in [-0.3, -0.25) is 4.79 Å². The second-order valence-electron chi connectivity index (χ2n) is 3.75. The number of hydrogen-bond donors (Lipinski definition) is 2. The number of thioether (sulfide) groups is 1. The molecule has 0 unspecified atom stereocenters. The zero-order valence-electron chi connectivity index (χ0n) is 10.4. The number of carbonyl (C=O) groups excluding carboxylic acids is 1. The van der Waals surface area contributed by atoms with Crippen LogP contribution in [0.2, 0.25) is 0 Å². The number of hydrogen-bond acceptors (Lipinski definition) is 6. The Morgan fingerprint density at radius 1 is 1.29 bits per heavy atom. The Hall–Kier alpha value is 0.330. The van der Waals surface area contributed by atoms with Crippen LogP contribution in [-0.4, -0.2) is 21.9 Å². The number of nitrogens with zero attached hydrogens (tertiary/aromatic N) is 2. The number of rotatable bonds is 5. The van der Waals surface area contributed by atoms with E-state index in [0.29, 0.717) is 11.1 Å². The van der Waals surface area contributed by atoms with Gasteiger partial charge in [0.1, 0.15) is 0 Å². The van der Waals surface area contributed by atoms with Crippen LogP contribution in [0.4, 0.5) is 5.69 Å². The summed E-state index contributed by atoms with van der Waals surface area (Å²) < 4.78 is 8.37. The third-order valence-electron chi connectivity index (χ3n) is 2.22. The van der Waals surface area contributed by atoms with Crippen LogP contribution >= 0.6 is 79.5 Å². The number of nitrogens with two attached hydrogens (primary N) is 1. The van der Waals surface area contributed by atoms with Crippen LogP contribution in [0.15, 0.2) is 21.8 Å². The summed E-state index contributed by atoms with van der Waals surface area (Å²) in [6, 6.07) is 4.02. The van der Waals surface area contributed by atoms with E-state index in [9.17, 15) is 4.79 Å². The maximum absolute atomic E-state index is 12.0. The first kappa shape index (κ1) is 17.7. The van der Waals surface area contributed by atoms with Crippen molar-refractivity contribution in [3.63, 3.8) is 0 Å². The number of nitrogens with one attached hydrogen (secondary N) is 1. The molecule has 0 aliphatic heterocycles. The van der Waals surface area contributed by atoms with Crippen molar-refractivity contribution in [1.29, 1.82) is 0 Å². The summed E-state index contributed by atoms with van der Waals surface area (Å²) in [6.07, 6.45) is 0. The molecule has 0 saturated carbocycles. The van der Waals surface area contributed by atoms with E-state index in [1.165, 1.54) is 11.8 Å². The van der Waals surface area contributed by atoms with E-state index in [-0.39, 0.29) is 18.2 Å². The molecule has 112 valence electrons. The molecule has 21 heavy (non-hydrogen) atoms. The van der Waals surface area contributed by atoms with Gasteiger partial charge in [0.05, 0.1) is 18.0 Å². The molecule has 1 heterocycles. The van der Waals surface area contributed by atoms with E-state index in [0.717, 1.165) is 16.4 Å². The largest absolute Gasteiger partial charge is 0.415 e. The van der Waals surface area contributed by atoms with Crippen molar-refractivity contribution in [3.05, 3.63) is 28.7 Å². The molecule has 1 aromatic heterocycles. The van der Waals surface area contributed by atoms with Gasteiger partial charge in [0, 0.05) is 10.7 Å². The summed E-state index contributed by atoms with van der Waals surface area (Å²) in [5, 5.41) is 10.8. The van der Waals surface area contributed by atoms with Crippen molar-refractivity contribution >= 4 is 91.1 Å². The Labute approximate surface area is 166 Å². The Bertz CT molecular complexity index is 642. The summed E-state index contributed by atoms with van der Waals surface area (Å²) in [6.45, 7) is 0.193. The number of benzene rings is 1. The number of halogens is 3. The van der Waals surface area contributed by atoms with Gasteiger partial charge in [-0.05, 0) is 79.9 Å². The van der Waals surface area contributed by atoms with Crippen LogP contribution in [0.3, 0.4) is 0 Å². The highest BCUT2D eigenvalue weighted by atomic mass is 127. The molecule has 1 aromatic carbocycles. The normalized spacial score (nSPS) is 10.7. The van der Waals surface area contributed by atoms with E-state index in [4.69, 9.17) is 10.2 Å². The van der Waals surface area contributed by atoms with E-state index < -0.39 is 0 Å². The van der Waals surface area contributed by atoms with Crippen molar-refractivity contribution in [1.82, 2.24) is 10.2 Å². The van der Waals surface area contributed by atoms with Crippen LogP contribution < -0.4 is 11.1 Å². The summed E-state index contributed by atoms with van der Waals surface area (Å²) in [5.41, 5.74) is 6.21. The van der Waals surface area contributed by atoms with Crippen LogP contribution in [0.1, 0.15) is 5.89 Å². The van der Waals surface area contributed by atoms with Gasteiger partial charge in [-0.1, -0.05) is 11.8 Å². The van der Waals surface area contributed by atoms with E-state index >= 15 is 0 Å². The second-order valence-corrected chi connectivity index (χ2v) is 8.24. The molecule has 3 N–H and O–H groups in total. The van der Waals surface area contributed by atoms with E-state index in [1.54, 1.807) is 0 Å². The first-order chi connectivity index (χ1) is 9.99. The first-order valence-corrected chi connectivity index (χ1v) is 9.81. The second kappa shape index (κ2) is 8.26. The molecule has 0 spiro atoms. The Balaban J connectivity index is 1.96. The summed E-state index contributed by atoms with van der Waals surface area (Å²) in [7, 11) is 0. The molecule has 2 rings (SSSR count). The van der Waals surface area contributed by atoms with Crippen molar-refractivity contribution in [2.24, 2.45) is 5.73 Å². The van der Waals surface area contributed by atoms with Gasteiger partial charge in [-0.15, -0.1) is 10.2 Å². The number of carbonyl (C=O) groups is 1. The van der Waals surface area contributed by atoms with Crippen molar-refractivity contribution in [2.75, 3.05) is 11.1 Å². The highest BCUT2D eigenvalue weighted by Gasteiger charge is 2.12. The van der Waals surface area contributed by atoms with Gasteiger partial charge < -0.3 is 15.5 Å². The molecule has 0 fully saturated rings. The first-order valence-electron chi connectivity index (χ1n) is 5.59. The highest BCUT2D eigenvalue weighted by molar-refractivity contribution is 14.1. The fourth-order valence-corrected chi connectivity index (χ4v) is 5.78. The maximum atomic E-state index is 12.0. The van der Waals surface area contributed by atoms with Gasteiger partial charge in [0.25, 0.3) is 5.22 Å². The van der Waals surface area contributed by atoms with Gasteiger partial charge in [0.15, 0.2) is 0 Å². The van der Waals surface area contributed by atoms with Crippen molar-refractivity contribution in [2.45, 2.75) is 11.8 Å². The molecule has 0 atom stereocenters. The average molecular weight is 642 g/mol. The fraction of sp³-hybridized carbons (Fsp3) is 0.182. The number of aromatic nitrogens is 2. The molecule has 0 radical (unpaired) electrons. The lowest BCUT2D eigenvalue weighted by Crippen LogP contribution is -2.16. The van der Waals surface area contributed by atoms with E-state index in [1.807, 2.05) is 12.1 Å². The molecular formula is C11H9I3N4O2S. The van der Waals surface area contributed by atoms with Gasteiger partial charge in [0.2, 0.25) is 11.8 Å². The molecular weight excluding hydrogens is 633 g/mol. The third kappa shape index (κ3) is 5.18. The Kier molecular flexibility index (Phi) is 6.95. The lowest BCUT2D eigenvalue weighted by molar-refractivity contribution is -0.113. The van der Waals surface area contributed by atoms with Crippen LogP contribution in [0, 0.1) is 10.7 Å². The molecule has 0 saturated heterocycles. The van der Waals surface area contributed by atoms with Gasteiger partial charge in [-0.2, -0.15) is 0 Å². The Morgan fingerprint density at radius 3 is 2.52 bits per heavy atom. The molecule has 1 amide bonds. The quantitative estimate of drug-likeness (QED) is 0.385. The van der Waals surface area contributed by atoms with Crippen LogP contribution in [0.5, 0.6) is 0 Å². The number of anilines is 1.